The Labute approximate surface area is 109 Å². The first-order valence-electron chi connectivity index (χ1n) is 6.62. The maximum atomic E-state index is 3.61. The highest BCUT2D eigenvalue weighted by atomic mass is 79.9. The van der Waals surface area contributed by atoms with Gasteiger partial charge in [-0.2, -0.15) is 0 Å². The number of rotatable bonds is 6. The predicted octanol–water partition coefficient (Wildman–Crippen LogP) is 2.97. The zero-order chi connectivity index (χ0) is 12.0. The minimum Gasteiger partial charge on any atom is -0.306 e. The van der Waals surface area contributed by atoms with E-state index in [1.165, 1.54) is 51.7 Å². The van der Waals surface area contributed by atoms with Crippen LogP contribution in [-0.2, 0) is 0 Å². The fraction of sp³-hybridized carbons (Fsp3) is 1.00. The van der Waals surface area contributed by atoms with Crippen LogP contribution in [0.5, 0.6) is 0 Å². The number of piperidine rings is 1. The lowest BCUT2D eigenvalue weighted by Gasteiger charge is -2.33. The average molecular weight is 291 g/mol. The fourth-order valence-corrected chi connectivity index (χ4v) is 2.59. The van der Waals surface area contributed by atoms with E-state index in [0.717, 1.165) is 6.04 Å². The molecule has 1 heterocycles. The van der Waals surface area contributed by atoms with Crippen molar-refractivity contribution < 1.29 is 0 Å². The van der Waals surface area contributed by atoms with E-state index in [9.17, 15) is 0 Å². The lowest BCUT2D eigenvalue weighted by molar-refractivity contribution is 0.160. The van der Waals surface area contributed by atoms with Crippen LogP contribution in [0, 0.1) is 0 Å². The highest BCUT2D eigenvalue weighted by molar-refractivity contribution is 9.09. The van der Waals surface area contributed by atoms with E-state index in [0.29, 0.717) is 4.83 Å². The van der Waals surface area contributed by atoms with Gasteiger partial charge in [0.1, 0.15) is 0 Å². The van der Waals surface area contributed by atoms with Crippen molar-refractivity contribution in [3.05, 3.63) is 0 Å². The van der Waals surface area contributed by atoms with Gasteiger partial charge >= 0.3 is 0 Å². The van der Waals surface area contributed by atoms with Gasteiger partial charge in [0, 0.05) is 10.9 Å². The van der Waals surface area contributed by atoms with E-state index in [4.69, 9.17) is 0 Å². The Bertz CT molecular complexity index is 185. The van der Waals surface area contributed by atoms with Crippen molar-refractivity contribution >= 4 is 15.9 Å². The van der Waals surface area contributed by atoms with Crippen molar-refractivity contribution in [1.82, 2.24) is 9.80 Å². The highest BCUT2D eigenvalue weighted by Crippen LogP contribution is 2.17. The van der Waals surface area contributed by atoms with E-state index in [2.05, 4.69) is 46.7 Å². The second kappa shape index (κ2) is 7.67. The first-order valence-corrected chi connectivity index (χ1v) is 7.54. The lowest BCUT2D eigenvalue weighted by atomic mass is 10.00. The zero-order valence-corrected chi connectivity index (χ0v) is 12.7. The third kappa shape index (κ3) is 5.65. The van der Waals surface area contributed by atoms with Gasteiger partial charge in [-0.05, 0) is 59.4 Å². The maximum Gasteiger partial charge on any atom is 0.0129 e. The molecular formula is C13H27BrN2. The molecule has 2 nitrogen and oxygen atoms in total. The quantitative estimate of drug-likeness (QED) is 0.694. The van der Waals surface area contributed by atoms with Gasteiger partial charge in [0.15, 0.2) is 0 Å². The van der Waals surface area contributed by atoms with E-state index in [1.54, 1.807) is 0 Å². The summed E-state index contributed by atoms with van der Waals surface area (Å²) in [7, 11) is 4.53. The summed E-state index contributed by atoms with van der Waals surface area (Å²) in [4.78, 5) is 5.66. The maximum absolute atomic E-state index is 3.61. The molecule has 0 amide bonds. The molecule has 0 aromatic heterocycles. The Hall–Kier alpha value is 0.400. The standard InChI is InChI=1S/C13H27BrN2/c1-12(14)7-10-15(2)11-8-13-6-4-5-9-16(13)3/h12-13H,4-11H2,1-3H3. The largest absolute Gasteiger partial charge is 0.306 e. The SMILES string of the molecule is CC(Br)CCN(C)CCC1CCCCN1C. The van der Waals surface area contributed by atoms with Gasteiger partial charge in [0.05, 0.1) is 0 Å². The molecule has 1 aliphatic rings. The summed E-state index contributed by atoms with van der Waals surface area (Å²) in [5.74, 6) is 0. The van der Waals surface area contributed by atoms with Crippen molar-refractivity contribution in [3.63, 3.8) is 0 Å². The molecule has 1 rings (SSSR count). The molecule has 0 aromatic carbocycles. The summed E-state index contributed by atoms with van der Waals surface area (Å²) < 4.78 is 0. The summed E-state index contributed by atoms with van der Waals surface area (Å²) in [6.45, 7) is 5.98. The molecule has 0 aliphatic carbocycles. The van der Waals surface area contributed by atoms with E-state index < -0.39 is 0 Å². The van der Waals surface area contributed by atoms with Crippen LogP contribution >= 0.6 is 15.9 Å². The Kier molecular flexibility index (Phi) is 6.94. The molecule has 16 heavy (non-hydrogen) atoms. The third-order valence-corrected chi connectivity index (χ3v) is 4.13. The molecule has 1 saturated heterocycles. The number of alkyl halides is 1. The third-order valence-electron chi connectivity index (χ3n) is 3.67. The smallest absolute Gasteiger partial charge is 0.0129 e. The minimum atomic E-state index is 0.646. The first-order chi connectivity index (χ1) is 7.59. The second-order valence-corrected chi connectivity index (χ2v) is 6.85. The monoisotopic (exact) mass is 290 g/mol. The molecule has 3 heteroatoms. The van der Waals surface area contributed by atoms with Gasteiger partial charge < -0.3 is 9.80 Å². The second-order valence-electron chi connectivity index (χ2n) is 5.29. The van der Waals surface area contributed by atoms with Crippen LogP contribution in [0.1, 0.15) is 39.0 Å². The number of nitrogens with zero attached hydrogens (tertiary/aromatic N) is 2. The molecule has 96 valence electrons. The van der Waals surface area contributed by atoms with Gasteiger partial charge in [-0.1, -0.05) is 29.3 Å². The molecule has 0 spiro atoms. The normalized spacial score (nSPS) is 24.9. The van der Waals surface area contributed by atoms with Gasteiger partial charge in [-0.25, -0.2) is 0 Å². The molecule has 0 saturated carbocycles. The average Bonchev–Trinajstić information content (AvgIpc) is 2.25. The van der Waals surface area contributed by atoms with Crippen LogP contribution in [0.3, 0.4) is 0 Å². The first kappa shape index (κ1) is 14.5. The predicted molar refractivity (Wildman–Crippen MR) is 75.4 cm³/mol. The van der Waals surface area contributed by atoms with Crippen LogP contribution < -0.4 is 0 Å². The van der Waals surface area contributed by atoms with Gasteiger partial charge in [-0.3, -0.25) is 0 Å². The van der Waals surface area contributed by atoms with Crippen LogP contribution in [-0.4, -0.2) is 54.4 Å². The Balaban J connectivity index is 2.12. The molecule has 1 fully saturated rings. The molecule has 0 radical (unpaired) electrons. The molecule has 1 aliphatic heterocycles. The van der Waals surface area contributed by atoms with Gasteiger partial charge in [0.2, 0.25) is 0 Å². The summed E-state index contributed by atoms with van der Waals surface area (Å²) in [5.41, 5.74) is 0. The number of hydrogen-bond acceptors (Lipinski definition) is 2. The lowest BCUT2D eigenvalue weighted by Crippen LogP contribution is -2.38. The fourth-order valence-electron chi connectivity index (χ4n) is 2.39. The van der Waals surface area contributed by atoms with Crippen molar-refractivity contribution in [2.75, 3.05) is 33.7 Å². The number of halogens is 1. The molecule has 0 bridgehead atoms. The van der Waals surface area contributed by atoms with Gasteiger partial charge in [0.25, 0.3) is 0 Å². The van der Waals surface area contributed by atoms with E-state index in [1.807, 2.05) is 0 Å². The van der Waals surface area contributed by atoms with Crippen molar-refractivity contribution in [2.24, 2.45) is 0 Å². The van der Waals surface area contributed by atoms with Crippen molar-refractivity contribution in [3.8, 4) is 0 Å². The number of hydrogen-bond donors (Lipinski definition) is 0. The van der Waals surface area contributed by atoms with Crippen LogP contribution in [0.15, 0.2) is 0 Å². The van der Waals surface area contributed by atoms with Gasteiger partial charge in [-0.15, -0.1) is 0 Å². The Morgan fingerprint density at radius 1 is 1.38 bits per heavy atom. The number of likely N-dealkylation sites (tertiary alicyclic amines) is 1. The molecule has 0 N–H and O–H groups in total. The summed E-state index contributed by atoms with van der Waals surface area (Å²) >= 11 is 3.61. The van der Waals surface area contributed by atoms with Crippen molar-refractivity contribution in [1.29, 1.82) is 0 Å². The Morgan fingerprint density at radius 2 is 2.12 bits per heavy atom. The molecule has 0 aromatic rings. The minimum absolute atomic E-state index is 0.646. The van der Waals surface area contributed by atoms with Crippen molar-refractivity contribution in [2.45, 2.75) is 49.9 Å². The van der Waals surface area contributed by atoms with E-state index >= 15 is 0 Å². The molecular weight excluding hydrogens is 264 g/mol. The highest BCUT2D eigenvalue weighted by Gasteiger charge is 2.18. The molecule has 2 atom stereocenters. The van der Waals surface area contributed by atoms with Crippen LogP contribution in [0.2, 0.25) is 0 Å². The summed E-state index contributed by atoms with van der Waals surface area (Å²) in [6.07, 6.45) is 6.81. The summed E-state index contributed by atoms with van der Waals surface area (Å²) in [5, 5.41) is 0. The topological polar surface area (TPSA) is 6.48 Å². The summed E-state index contributed by atoms with van der Waals surface area (Å²) in [6, 6.07) is 0.831. The molecule has 2 unspecified atom stereocenters. The van der Waals surface area contributed by atoms with Crippen LogP contribution in [0.25, 0.3) is 0 Å². The Morgan fingerprint density at radius 3 is 2.75 bits per heavy atom. The van der Waals surface area contributed by atoms with Crippen LogP contribution in [0.4, 0.5) is 0 Å². The zero-order valence-electron chi connectivity index (χ0n) is 11.1. The van der Waals surface area contributed by atoms with E-state index in [-0.39, 0.29) is 0 Å².